The van der Waals surface area contributed by atoms with E-state index in [4.69, 9.17) is 4.74 Å². The van der Waals surface area contributed by atoms with Crippen molar-refractivity contribution in [2.75, 3.05) is 0 Å². The molecule has 2 nitrogen and oxygen atoms in total. The maximum absolute atomic E-state index is 11.2. The first-order chi connectivity index (χ1) is 5.75. The minimum atomic E-state index is -0.0793. The minimum absolute atomic E-state index is 0.0793. The Bertz CT molecular complexity index is 304. The van der Waals surface area contributed by atoms with Crippen LogP contribution < -0.4 is 4.74 Å². The number of hydrogen-bond acceptors (Lipinski definition) is 3. The average Bonchev–Trinajstić information content (AvgIpc) is 2.78. The predicted octanol–water partition coefficient (Wildman–Crippen LogP) is 2.83. The summed E-state index contributed by atoms with van der Waals surface area (Å²) < 4.78 is 6.10. The summed E-state index contributed by atoms with van der Waals surface area (Å²) in [5.41, 5.74) is 0. The molecule has 0 bridgehead atoms. The molecule has 0 atom stereocenters. The zero-order valence-electron chi connectivity index (χ0n) is 6.25. The molecule has 0 saturated heterocycles. The number of rotatable bonds is 2. The van der Waals surface area contributed by atoms with Gasteiger partial charge < -0.3 is 4.74 Å². The van der Waals surface area contributed by atoms with Crippen LogP contribution in [0.15, 0.2) is 15.9 Å². The lowest BCUT2D eigenvalue weighted by atomic mass is 10.4. The first kappa shape index (κ1) is 8.26. The number of carbonyl (C=O) groups is 1. The van der Waals surface area contributed by atoms with Crippen molar-refractivity contribution in [1.29, 1.82) is 0 Å². The molecular formula is C8H7BrO2S. The number of esters is 1. The molecule has 4 heteroatoms. The van der Waals surface area contributed by atoms with Gasteiger partial charge in [0, 0.05) is 0 Å². The molecule has 1 aromatic heterocycles. The van der Waals surface area contributed by atoms with E-state index >= 15 is 0 Å². The molecule has 0 amide bonds. The Morgan fingerprint density at radius 3 is 2.83 bits per heavy atom. The van der Waals surface area contributed by atoms with Crippen molar-refractivity contribution in [1.82, 2.24) is 0 Å². The molecule has 0 aromatic carbocycles. The summed E-state index contributed by atoms with van der Waals surface area (Å²) >= 11 is 4.74. The number of hydrogen-bond donors (Lipinski definition) is 0. The molecule has 0 N–H and O–H groups in total. The van der Waals surface area contributed by atoms with Gasteiger partial charge in [0.15, 0.2) is 5.06 Å². The summed E-state index contributed by atoms with van der Waals surface area (Å²) in [6.07, 6.45) is 1.98. The second-order valence-electron chi connectivity index (χ2n) is 2.75. The highest BCUT2D eigenvalue weighted by Gasteiger charge is 2.31. The van der Waals surface area contributed by atoms with E-state index in [-0.39, 0.29) is 11.9 Å². The SMILES string of the molecule is O=C(Oc1ccc(Br)s1)C1CC1. The molecule has 12 heavy (non-hydrogen) atoms. The third-order valence-electron chi connectivity index (χ3n) is 1.66. The lowest BCUT2D eigenvalue weighted by Gasteiger charge is -1.97. The van der Waals surface area contributed by atoms with E-state index in [1.165, 1.54) is 11.3 Å². The molecule has 1 saturated carbocycles. The van der Waals surface area contributed by atoms with Crippen molar-refractivity contribution < 1.29 is 9.53 Å². The summed E-state index contributed by atoms with van der Waals surface area (Å²) in [5, 5.41) is 0.679. The third-order valence-corrected chi connectivity index (χ3v) is 3.16. The molecule has 1 heterocycles. The van der Waals surface area contributed by atoms with Crippen LogP contribution >= 0.6 is 27.3 Å². The van der Waals surface area contributed by atoms with Crippen LogP contribution in [0.4, 0.5) is 0 Å². The van der Waals surface area contributed by atoms with Crippen LogP contribution in [-0.4, -0.2) is 5.97 Å². The fraction of sp³-hybridized carbons (Fsp3) is 0.375. The van der Waals surface area contributed by atoms with Gasteiger partial charge in [-0.3, -0.25) is 4.79 Å². The molecule has 64 valence electrons. The Kier molecular flexibility index (Phi) is 2.19. The molecule has 0 radical (unpaired) electrons. The van der Waals surface area contributed by atoms with Gasteiger partial charge in [-0.1, -0.05) is 11.3 Å². The van der Waals surface area contributed by atoms with Gasteiger partial charge in [-0.25, -0.2) is 0 Å². The largest absolute Gasteiger partial charge is 0.415 e. The van der Waals surface area contributed by atoms with Crippen molar-refractivity contribution in [2.24, 2.45) is 5.92 Å². The summed E-state index contributed by atoms with van der Waals surface area (Å²) in [5.74, 6) is 0.0928. The number of halogens is 1. The van der Waals surface area contributed by atoms with Crippen LogP contribution in [0.25, 0.3) is 0 Å². The molecule has 0 spiro atoms. The Morgan fingerprint density at radius 2 is 2.33 bits per heavy atom. The first-order valence-electron chi connectivity index (χ1n) is 3.73. The molecule has 1 aromatic rings. The second-order valence-corrected chi connectivity index (χ2v) is 5.18. The van der Waals surface area contributed by atoms with Crippen LogP contribution in [0.1, 0.15) is 12.8 Å². The van der Waals surface area contributed by atoms with E-state index in [9.17, 15) is 4.79 Å². The van der Waals surface area contributed by atoms with Gasteiger partial charge in [-0.05, 0) is 40.9 Å². The monoisotopic (exact) mass is 246 g/mol. The Labute approximate surface area is 82.7 Å². The van der Waals surface area contributed by atoms with E-state index in [2.05, 4.69) is 15.9 Å². The summed E-state index contributed by atoms with van der Waals surface area (Å²) in [6.45, 7) is 0. The van der Waals surface area contributed by atoms with E-state index in [0.717, 1.165) is 16.6 Å². The standard InChI is InChI=1S/C8H7BrO2S/c9-6-3-4-7(12-6)11-8(10)5-1-2-5/h3-5H,1-2H2. The minimum Gasteiger partial charge on any atom is -0.415 e. The van der Waals surface area contributed by atoms with Crippen molar-refractivity contribution in [3.05, 3.63) is 15.9 Å². The van der Waals surface area contributed by atoms with Gasteiger partial charge in [-0.2, -0.15) is 0 Å². The first-order valence-corrected chi connectivity index (χ1v) is 5.33. The van der Waals surface area contributed by atoms with Gasteiger partial charge in [0.2, 0.25) is 0 Å². The normalized spacial score (nSPS) is 16.1. The Balaban J connectivity index is 1.98. The summed E-state index contributed by atoms with van der Waals surface area (Å²) in [4.78, 5) is 11.2. The van der Waals surface area contributed by atoms with Crippen molar-refractivity contribution in [2.45, 2.75) is 12.8 Å². The van der Waals surface area contributed by atoms with Gasteiger partial charge in [0.05, 0.1) is 9.70 Å². The fourth-order valence-corrected chi connectivity index (χ4v) is 2.05. The van der Waals surface area contributed by atoms with E-state index in [1.807, 2.05) is 6.07 Å². The Hall–Kier alpha value is -0.350. The lowest BCUT2D eigenvalue weighted by molar-refractivity contribution is -0.135. The quantitative estimate of drug-likeness (QED) is 0.751. The summed E-state index contributed by atoms with van der Waals surface area (Å²) in [7, 11) is 0. The Morgan fingerprint density at radius 1 is 1.58 bits per heavy atom. The second kappa shape index (κ2) is 3.18. The molecule has 1 fully saturated rings. The van der Waals surface area contributed by atoms with Crippen LogP contribution in [-0.2, 0) is 4.79 Å². The number of carbonyl (C=O) groups excluding carboxylic acids is 1. The lowest BCUT2D eigenvalue weighted by Crippen LogP contribution is -2.08. The highest BCUT2D eigenvalue weighted by molar-refractivity contribution is 9.11. The van der Waals surface area contributed by atoms with Gasteiger partial charge >= 0.3 is 5.97 Å². The van der Waals surface area contributed by atoms with Crippen LogP contribution in [0, 0.1) is 5.92 Å². The smallest absolute Gasteiger partial charge is 0.315 e. The zero-order valence-corrected chi connectivity index (χ0v) is 8.65. The average molecular weight is 247 g/mol. The van der Waals surface area contributed by atoms with E-state index < -0.39 is 0 Å². The molecule has 1 aliphatic carbocycles. The zero-order chi connectivity index (χ0) is 8.55. The van der Waals surface area contributed by atoms with E-state index in [1.54, 1.807) is 6.07 Å². The molecule has 0 unspecified atom stereocenters. The predicted molar refractivity (Wildman–Crippen MR) is 50.4 cm³/mol. The molecule has 2 rings (SSSR count). The van der Waals surface area contributed by atoms with Crippen LogP contribution in [0.5, 0.6) is 5.06 Å². The number of thiophene rings is 1. The van der Waals surface area contributed by atoms with E-state index in [0.29, 0.717) is 5.06 Å². The van der Waals surface area contributed by atoms with Crippen molar-refractivity contribution >= 4 is 33.2 Å². The third kappa shape index (κ3) is 1.87. The maximum Gasteiger partial charge on any atom is 0.315 e. The van der Waals surface area contributed by atoms with Crippen LogP contribution in [0.2, 0.25) is 0 Å². The van der Waals surface area contributed by atoms with Crippen molar-refractivity contribution in [3.8, 4) is 5.06 Å². The van der Waals surface area contributed by atoms with Crippen LogP contribution in [0.3, 0.4) is 0 Å². The summed E-state index contributed by atoms with van der Waals surface area (Å²) in [6, 6.07) is 3.68. The molecular weight excluding hydrogens is 240 g/mol. The van der Waals surface area contributed by atoms with Crippen molar-refractivity contribution in [3.63, 3.8) is 0 Å². The molecule has 0 aliphatic heterocycles. The fourth-order valence-electron chi connectivity index (χ4n) is 0.854. The van der Waals surface area contributed by atoms with Gasteiger partial charge in [0.1, 0.15) is 0 Å². The van der Waals surface area contributed by atoms with Gasteiger partial charge in [0.25, 0.3) is 0 Å². The molecule has 1 aliphatic rings. The van der Waals surface area contributed by atoms with Gasteiger partial charge in [-0.15, -0.1) is 0 Å². The highest BCUT2D eigenvalue weighted by atomic mass is 79.9. The highest BCUT2D eigenvalue weighted by Crippen LogP contribution is 2.34. The maximum atomic E-state index is 11.2. The topological polar surface area (TPSA) is 26.3 Å². The number of ether oxygens (including phenoxy) is 1.